The second-order valence-corrected chi connectivity index (χ2v) is 4.41. The molecule has 0 aliphatic carbocycles. The monoisotopic (exact) mass is 229 g/mol. The molecule has 0 aliphatic rings. The minimum Gasteiger partial charge on any atom is -0.735 e. The first-order valence-electron chi connectivity index (χ1n) is 3.31. The first-order chi connectivity index (χ1) is 5.58. The number of hydrogen-bond acceptors (Lipinski definition) is 4. The van der Waals surface area contributed by atoms with Crippen molar-refractivity contribution in [2.45, 2.75) is 6.42 Å². The van der Waals surface area contributed by atoms with Gasteiger partial charge in [-0.05, 0) is 17.9 Å². The SMILES string of the molecule is O=S(=O)([O-])NCCc1cccs1.[Na+]. The van der Waals surface area contributed by atoms with Crippen LogP contribution in [0.15, 0.2) is 17.5 Å². The van der Waals surface area contributed by atoms with Crippen LogP contribution in [0.25, 0.3) is 0 Å². The van der Waals surface area contributed by atoms with Crippen molar-refractivity contribution in [3.63, 3.8) is 0 Å². The Morgan fingerprint density at radius 3 is 2.69 bits per heavy atom. The molecule has 0 unspecified atom stereocenters. The second-order valence-electron chi connectivity index (χ2n) is 2.18. The molecule has 4 nitrogen and oxygen atoms in total. The van der Waals surface area contributed by atoms with E-state index in [0.29, 0.717) is 6.42 Å². The van der Waals surface area contributed by atoms with E-state index in [1.807, 2.05) is 22.2 Å². The summed E-state index contributed by atoms with van der Waals surface area (Å²) in [5.74, 6) is 0. The third-order valence-corrected chi connectivity index (χ3v) is 2.72. The third-order valence-electron chi connectivity index (χ3n) is 1.23. The standard InChI is InChI=1S/C6H9NO3S2.Na/c8-12(9,10)7-4-3-6-2-1-5-11-6;/h1-2,5,7H,3-4H2,(H,8,9,10);/q;+1/p-1. The molecule has 68 valence electrons. The molecule has 0 aliphatic heterocycles. The van der Waals surface area contributed by atoms with Crippen LogP contribution < -0.4 is 34.3 Å². The molecule has 1 aromatic rings. The molecular weight excluding hydrogens is 221 g/mol. The Kier molecular flexibility index (Phi) is 6.40. The van der Waals surface area contributed by atoms with Crippen molar-refractivity contribution in [1.29, 1.82) is 0 Å². The van der Waals surface area contributed by atoms with Crippen LogP contribution in [-0.2, 0) is 16.7 Å². The molecule has 0 spiro atoms. The molecule has 1 aromatic heterocycles. The van der Waals surface area contributed by atoms with Crippen LogP contribution >= 0.6 is 11.3 Å². The Hall–Kier alpha value is 0.570. The van der Waals surface area contributed by atoms with Gasteiger partial charge in [-0.15, -0.1) is 11.3 Å². The van der Waals surface area contributed by atoms with E-state index in [4.69, 9.17) is 0 Å². The molecule has 0 saturated heterocycles. The number of rotatable bonds is 4. The van der Waals surface area contributed by atoms with E-state index in [-0.39, 0.29) is 36.1 Å². The van der Waals surface area contributed by atoms with Gasteiger partial charge in [0.05, 0.1) is 0 Å². The van der Waals surface area contributed by atoms with E-state index in [1.165, 1.54) is 11.3 Å². The van der Waals surface area contributed by atoms with Crippen molar-refractivity contribution in [3.05, 3.63) is 22.4 Å². The third kappa shape index (κ3) is 6.62. The summed E-state index contributed by atoms with van der Waals surface area (Å²) in [6.07, 6.45) is 0.569. The molecule has 0 bridgehead atoms. The Balaban J connectivity index is 0.00000144. The van der Waals surface area contributed by atoms with Gasteiger partial charge in [0.1, 0.15) is 0 Å². The van der Waals surface area contributed by atoms with Gasteiger partial charge in [-0.1, -0.05) is 6.07 Å². The quantitative estimate of drug-likeness (QED) is 0.453. The van der Waals surface area contributed by atoms with E-state index >= 15 is 0 Å². The van der Waals surface area contributed by atoms with Crippen molar-refractivity contribution in [2.75, 3.05) is 6.54 Å². The van der Waals surface area contributed by atoms with Crippen LogP contribution in [0.5, 0.6) is 0 Å². The Morgan fingerprint density at radius 1 is 1.54 bits per heavy atom. The molecule has 0 radical (unpaired) electrons. The molecule has 0 saturated carbocycles. The van der Waals surface area contributed by atoms with E-state index in [1.54, 1.807) is 0 Å². The molecule has 1 heterocycles. The maximum atomic E-state index is 10.1. The Labute approximate surface area is 104 Å². The van der Waals surface area contributed by atoms with Gasteiger partial charge in [0.25, 0.3) is 0 Å². The van der Waals surface area contributed by atoms with Crippen molar-refractivity contribution in [1.82, 2.24) is 4.72 Å². The number of nitrogens with one attached hydrogen (secondary N) is 1. The summed E-state index contributed by atoms with van der Waals surface area (Å²) in [4.78, 5) is 1.06. The first-order valence-corrected chi connectivity index (χ1v) is 5.59. The predicted molar refractivity (Wildman–Crippen MR) is 45.7 cm³/mol. The van der Waals surface area contributed by atoms with Gasteiger partial charge < -0.3 is 4.55 Å². The summed E-state index contributed by atoms with van der Waals surface area (Å²) in [5.41, 5.74) is 0. The number of thiophene rings is 1. The van der Waals surface area contributed by atoms with E-state index < -0.39 is 10.3 Å². The summed E-state index contributed by atoms with van der Waals surface area (Å²) in [5, 5.41) is 1.90. The van der Waals surface area contributed by atoms with Gasteiger partial charge >= 0.3 is 29.6 Å². The zero-order valence-corrected chi connectivity index (χ0v) is 10.8. The van der Waals surface area contributed by atoms with Gasteiger partial charge in [0, 0.05) is 11.4 Å². The second kappa shape index (κ2) is 6.13. The minimum atomic E-state index is -4.27. The van der Waals surface area contributed by atoms with Gasteiger partial charge in [-0.25, -0.2) is 13.1 Å². The normalized spacial score (nSPS) is 10.8. The summed E-state index contributed by atoms with van der Waals surface area (Å²) in [6, 6.07) is 3.77. The largest absolute Gasteiger partial charge is 1.00 e. The fourth-order valence-corrected chi connectivity index (χ4v) is 1.82. The predicted octanol–water partition coefficient (Wildman–Crippen LogP) is -2.66. The maximum absolute atomic E-state index is 10.1. The maximum Gasteiger partial charge on any atom is 1.00 e. The molecule has 0 aromatic carbocycles. The molecule has 0 amide bonds. The van der Waals surface area contributed by atoms with Gasteiger partial charge in [0.15, 0.2) is 10.3 Å². The molecule has 7 heteroatoms. The van der Waals surface area contributed by atoms with Crippen LogP contribution in [0.4, 0.5) is 0 Å². The van der Waals surface area contributed by atoms with E-state index in [2.05, 4.69) is 0 Å². The number of hydrogen-bond donors (Lipinski definition) is 1. The Morgan fingerprint density at radius 2 is 2.23 bits per heavy atom. The van der Waals surface area contributed by atoms with E-state index in [0.717, 1.165) is 4.88 Å². The molecular formula is C6H8NNaO3S2. The van der Waals surface area contributed by atoms with Crippen molar-refractivity contribution < 1.29 is 42.5 Å². The fourth-order valence-electron chi connectivity index (χ4n) is 0.754. The summed E-state index contributed by atoms with van der Waals surface area (Å²) < 4.78 is 32.2. The molecule has 13 heavy (non-hydrogen) atoms. The Bertz CT molecular complexity index is 322. The van der Waals surface area contributed by atoms with Crippen molar-refractivity contribution in [2.24, 2.45) is 0 Å². The minimum absolute atomic E-state index is 0. The zero-order chi connectivity index (χ0) is 9.03. The van der Waals surface area contributed by atoms with Crippen LogP contribution in [0.1, 0.15) is 4.88 Å². The van der Waals surface area contributed by atoms with Gasteiger partial charge in [-0.2, -0.15) is 0 Å². The average molecular weight is 229 g/mol. The molecule has 1 N–H and O–H groups in total. The summed E-state index contributed by atoms with van der Waals surface area (Å²) in [6.45, 7) is 0.173. The molecule has 0 fully saturated rings. The topological polar surface area (TPSA) is 69.2 Å². The van der Waals surface area contributed by atoms with Crippen LogP contribution in [-0.4, -0.2) is 19.5 Å². The van der Waals surface area contributed by atoms with Crippen molar-refractivity contribution >= 4 is 21.6 Å². The van der Waals surface area contributed by atoms with Crippen molar-refractivity contribution in [3.8, 4) is 0 Å². The summed E-state index contributed by atoms with van der Waals surface area (Å²) >= 11 is 1.54. The molecule has 1 rings (SSSR count). The zero-order valence-electron chi connectivity index (χ0n) is 7.19. The first kappa shape index (κ1) is 13.6. The summed E-state index contributed by atoms with van der Waals surface area (Å²) in [7, 11) is -4.27. The molecule has 0 atom stereocenters. The van der Waals surface area contributed by atoms with E-state index in [9.17, 15) is 13.0 Å². The van der Waals surface area contributed by atoms with Crippen LogP contribution in [0, 0.1) is 0 Å². The fraction of sp³-hybridized carbons (Fsp3) is 0.333. The van der Waals surface area contributed by atoms with Crippen LogP contribution in [0.3, 0.4) is 0 Å². The smallest absolute Gasteiger partial charge is 0.735 e. The van der Waals surface area contributed by atoms with Gasteiger partial charge in [0.2, 0.25) is 0 Å². The van der Waals surface area contributed by atoms with Crippen LogP contribution in [0.2, 0.25) is 0 Å². The van der Waals surface area contributed by atoms with Gasteiger partial charge in [-0.3, -0.25) is 0 Å². The average Bonchev–Trinajstić information content (AvgIpc) is 2.36.